The van der Waals surface area contributed by atoms with Crippen molar-refractivity contribution < 1.29 is 4.79 Å². The van der Waals surface area contributed by atoms with Crippen molar-refractivity contribution in [2.45, 2.75) is 37.7 Å². The Bertz CT molecular complexity index is 1530. The highest BCUT2D eigenvalue weighted by Crippen LogP contribution is 2.38. The van der Waals surface area contributed by atoms with Gasteiger partial charge in [0.15, 0.2) is 0 Å². The maximum absolute atomic E-state index is 13.7. The molecule has 1 aliphatic heterocycles. The molecule has 2 N–H and O–H groups in total. The van der Waals surface area contributed by atoms with Gasteiger partial charge in [0.1, 0.15) is 6.04 Å². The molecular weight excluding hydrogens is 525 g/mol. The molecule has 1 unspecified atom stereocenters. The summed E-state index contributed by atoms with van der Waals surface area (Å²) in [5, 5.41) is 13.0. The minimum absolute atomic E-state index is 0.214. The summed E-state index contributed by atoms with van der Waals surface area (Å²) in [6, 6.07) is 20.6. The molecule has 37 heavy (non-hydrogen) atoms. The summed E-state index contributed by atoms with van der Waals surface area (Å²) >= 11 is 14.2. The third kappa shape index (κ3) is 5.39. The van der Waals surface area contributed by atoms with Gasteiger partial charge >= 0.3 is 0 Å². The predicted octanol–water partition coefficient (Wildman–Crippen LogP) is 7.42. The summed E-state index contributed by atoms with van der Waals surface area (Å²) in [6.45, 7) is 5.89. The van der Waals surface area contributed by atoms with Crippen LogP contribution in [0.3, 0.4) is 0 Å². The van der Waals surface area contributed by atoms with E-state index >= 15 is 0 Å². The van der Waals surface area contributed by atoms with Crippen molar-refractivity contribution in [2.75, 3.05) is 10.6 Å². The molecule has 188 valence electrons. The van der Waals surface area contributed by atoms with Gasteiger partial charge in [-0.25, -0.2) is 4.68 Å². The van der Waals surface area contributed by atoms with E-state index in [2.05, 4.69) is 10.6 Å². The molecule has 1 aliphatic rings. The van der Waals surface area contributed by atoms with Crippen molar-refractivity contribution in [2.24, 2.45) is 0 Å². The van der Waals surface area contributed by atoms with Crippen molar-refractivity contribution in [1.29, 1.82) is 0 Å². The zero-order valence-electron chi connectivity index (χ0n) is 20.5. The number of thioether (sulfide) groups is 1. The van der Waals surface area contributed by atoms with Gasteiger partial charge in [0.05, 0.1) is 5.57 Å². The third-order valence-corrected chi connectivity index (χ3v) is 7.68. The smallest absolute Gasteiger partial charge is 0.255 e. The van der Waals surface area contributed by atoms with Crippen LogP contribution in [0, 0.1) is 13.8 Å². The van der Waals surface area contributed by atoms with Gasteiger partial charge in [0.25, 0.3) is 5.91 Å². The number of aromatic nitrogens is 3. The lowest BCUT2D eigenvalue weighted by Gasteiger charge is -2.29. The first-order valence-corrected chi connectivity index (χ1v) is 13.5. The lowest BCUT2D eigenvalue weighted by Crippen LogP contribution is -2.31. The van der Waals surface area contributed by atoms with Crippen molar-refractivity contribution in [3.8, 4) is 0 Å². The summed E-state index contributed by atoms with van der Waals surface area (Å²) in [6.07, 6.45) is 0. The van der Waals surface area contributed by atoms with Gasteiger partial charge in [-0.05, 0) is 61.7 Å². The Morgan fingerprint density at radius 3 is 2.62 bits per heavy atom. The number of hydrogen-bond donors (Lipinski definition) is 2. The average Bonchev–Trinajstić information content (AvgIpc) is 3.26. The number of nitrogens with zero attached hydrogens (tertiary/aromatic N) is 3. The van der Waals surface area contributed by atoms with E-state index in [1.165, 1.54) is 11.8 Å². The van der Waals surface area contributed by atoms with Crippen molar-refractivity contribution in [3.05, 3.63) is 110 Å². The second kappa shape index (κ2) is 10.6. The number of nitrogens with one attached hydrogen (secondary N) is 2. The van der Waals surface area contributed by atoms with Crippen LogP contribution in [0.15, 0.2) is 83.2 Å². The number of rotatable bonds is 6. The molecule has 0 spiro atoms. The molecule has 0 saturated heterocycles. The van der Waals surface area contributed by atoms with Gasteiger partial charge < -0.3 is 10.6 Å². The lowest BCUT2D eigenvalue weighted by molar-refractivity contribution is -0.113. The van der Waals surface area contributed by atoms with Gasteiger partial charge in [0, 0.05) is 27.2 Å². The number of benzene rings is 3. The fourth-order valence-electron chi connectivity index (χ4n) is 4.37. The Morgan fingerprint density at radius 1 is 1.05 bits per heavy atom. The molecule has 3 aromatic carbocycles. The van der Waals surface area contributed by atoms with Crippen molar-refractivity contribution >= 4 is 52.5 Å². The number of hydrogen-bond acceptors (Lipinski definition) is 5. The van der Waals surface area contributed by atoms with Crippen LogP contribution in [0.4, 0.5) is 11.6 Å². The quantitative estimate of drug-likeness (QED) is 0.245. The molecule has 1 aromatic heterocycles. The van der Waals surface area contributed by atoms with E-state index in [9.17, 15) is 4.79 Å². The van der Waals surface area contributed by atoms with Crippen LogP contribution >= 0.6 is 35.0 Å². The zero-order valence-corrected chi connectivity index (χ0v) is 22.9. The number of carbonyl (C=O) groups excluding carboxylic acids is 1. The summed E-state index contributed by atoms with van der Waals surface area (Å²) in [7, 11) is 0. The molecule has 5 rings (SSSR count). The molecule has 9 heteroatoms. The monoisotopic (exact) mass is 549 g/mol. The Balaban J connectivity index is 1.50. The lowest BCUT2D eigenvalue weighted by atomic mass is 9.95. The number of amides is 1. The van der Waals surface area contributed by atoms with Crippen LogP contribution in [-0.4, -0.2) is 20.7 Å². The number of fused-ring (bicyclic) bond motifs is 1. The maximum atomic E-state index is 13.7. The van der Waals surface area contributed by atoms with Crippen molar-refractivity contribution in [1.82, 2.24) is 14.8 Å². The molecular formula is C28H25Cl2N5OS. The number of halogens is 2. The molecule has 0 radical (unpaired) electrons. The Morgan fingerprint density at radius 2 is 1.86 bits per heavy atom. The summed E-state index contributed by atoms with van der Waals surface area (Å²) in [5.74, 6) is 0.970. The molecule has 0 saturated carbocycles. The topological polar surface area (TPSA) is 71.8 Å². The molecule has 0 aliphatic carbocycles. The van der Waals surface area contributed by atoms with E-state index < -0.39 is 6.04 Å². The Labute approximate surface area is 230 Å². The molecule has 2 heterocycles. The molecule has 4 aromatic rings. The van der Waals surface area contributed by atoms with Gasteiger partial charge in [-0.2, -0.15) is 4.98 Å². The van der Waals surface area contributed by atoms with E-state index in [1.54, 1.807) is 4.68 Å². The minimum Gasteiger partial charge on any atom is -0.328 e. The highest BCUT2D eigenvalue weighted by Gasteiger charge is 2.34. The van der Waals surface area contributed by atoms with Crippen molar-refractivity contribution in [3.63, 3.8) is 0 Å². The second-order valence-corrected chi connectivity index (χ2v) is 10.7. The molecule has 0 bridgehead atoms. The first-order chi connectivity index (χ1) is 17.8. The standard InChI is InChI=1S/C28H25Cl2N5OS/c1-16-11-12-23(17(2)13-16)32-26(36)24-18(3)31-27-33-28(37-15-20-7-4-5-10-22(20)30)34-35(27)25(24)19-8-6-9-21(29)14-19/h4-14,25H,15H2,1-3H3,(H,32,36)(H,31,33,34). The Kier molecular flexibility index (Phi) is 7.29. The van der Waals surface area contributed by atoms with Gasteiger partial charge in [-0.3, -0.25) is 4.79 Å². The fraction of sp³-hybridized carbons (Fsp3) is 0.179. The largest absolute Gasteiger partial charge is 0.328 e. The third-order valence-electron chi connectivity index (χ3n) is 6.19. The second-order valence-electron chi connectivity index (χ2n) is 8.94. The normalized spacial score (nSPS) is 14.8. The van der Waals surface area contributed by atoms with Gasteiger partial charge in [-0.1, -0.05) is 83.0 Å². The van der Waals surface area contributed by atoms with Crippen LogP contribution in [0.2, 0.25) is 10.0 Å². The van der Waals surface area contributed by atoms with E-state index in [4.69, 9.17) is 33.3 Å². The number of aryl methyl sites for hydroxylation is 2. The molecule has 6 nitrogen and oxygen atoms in total. The van der Waals surface area contributed by atoms with Crippen LogP contribution in [0.1, 0.15) is 35.2 Å². The van der Waals surface area contributed by atoms with Crippen LogP contribution in [0.5, 0.6) is 0 Å². The SMILES string of the molecule is CC1=C(C(=O)Nc2ccc(C)cc2C)C(c2cccc(Cl)c2)n2nc(SCc3ccccc3Cl)nc2N1. The summed E-state index contributed by atoms with van der Waals surface area (Å²) in [5.41, 5.74) is 5.99. The summed E-state index contributed by atoms with van der Waals surface area (Å²) in [4.78, 5) is 18.4. The number of allylic oxidation sites excluding steroid dienone is 1. The molecule has 1 atom stereocenters. The Hall–Kier alpha value is -3.26. The van der Waals surface area contributed by atoms with Crippen LogP contribution < -0.4 is 10.6 Å². The first kappa shape index (κ1) is 25.4. The predicted molar refractivity (Wildman–Crippen MR) is 151 cm³/mol. The van der Waals surface area contributed by atoms with E-state index in [-0.39, 0.29) is 5.91 Å². The fourth-order valence-corrected chi connectivity index (χ4v) is 5.69. The number of anilines is 2. The van der Waals surface area contributed by atoms with Gasteiger partial charge in [-0.15, -0.1) is 5.10 Å². The molecule has 0 fully saturated rings. The van der Waals surface area contributed by atoms with Crippen LogP contribution in [-0.2, 0) is 10.5 Å². The van der Waals surface area contributed by atoms with E-state index in [0.717, 1.165) is 27.9 Å². The summed E-state index contributed by atoms with van der Waals surface area (Å²) < 4.78 is 1.75. The number of carbonyl (C=O) groups is 1. The zero-order chi connectivity index (χ0) is 26.1. The highest BCUT2D eigenvalue weighted by atomic mass is 35.5. The highest BCUT2D eigenvalue weighted by molar-refractivity contribution is 7.98. The van der Waals surface area contributed by atoms with E-state index in [0.29, 0.717) is 38.2 Å². The van der Waals surface area contributed by atoms with Gasteiger partial charge in [0.2, 0.25) is 11.1 Å². The first-order valence-electron chi connectivity index (χ1n) is 11.7. The van der Waals surface area contributed by atoms with E-state index in [1.807, 2.05) is 87.5 Å². The minimum atomic E-state index is -0.511. The van der Waals surface area contributed by atoms with Crippen LogP contribution in [0.25, 0.3) is 0 Å². The maximum Gasteiger partial charge on any atom is 0.255 e. The average molecular weight is 551 g/mol. The molecule has 1 amide bonds.